The summed E-state index contributed by atoms with van der Waals surface area (Å²) in [6.45, 7) is 11.8. The van der Waals surface area contributed by atoms with Gasteiger partial charge in [-0.15, -0.1) is 0 Å². The van der Waals surface area contributed by atoms with Crippen molar-refractivity contribution in [3.63, 3.8) is 0 Å². The van der Waals surface area contributed by atoms with Gasteiger partial charge in [0, 0.05) is 34.9 Å². The van der Waals surface area contributed by atoms with Crippen LogP contribution in [0.25, 0.3) is 66.9 Å². The van der Waals surface area contributed by atoms with E-state index in [1.54, 1.807) is 42.5 Å². The van der Waals surface area contributed by atoms with E-state index in [1.165, 1.54) is 24.3 Å². The molecule has 12 nitrogen and oxygen atoms in total. The molecular weight excluding hydrogens is 805 g/mol. The molecule has 63 heavy (non-hydrogen) atoms. The Labute approximate surface area is 359 Å². The van der Waals surface area contributed by atoms with E-state index in [0.29, 0.717) is 27.7 Å². The van der Waals surface area contributed by atoms with Gasteiger partial charge in [-0.2, -0.15) is 0 Å². The van der Waals surface area contributed by atoms with Crippen LogP contribution in [0.1, 0.15) is 33.4 Å². The third-order valence-electron chi connectivity index (χ3n) is 10.9. The maximum atomic E-state index is 12.3. The molecule has 12 heteroatoms. The molecule has 3 aromatic heterocycles. The van der Waals surface area contributed by atoms with Gasteiger partial charge < -0.3 is 43.9 Å². The summed E-state index contributed by atoms with van der Waals surface area (Å²) in [5.74, 6) is -1.67. The summed E-state index contributed by atoms with van der Waals surface area (Å²) in [6.07, 6.45) is 0. The van der Waals surface area contributed by atoms with Crippen LogP contribution in [-0.2, 0) is 0 Å². The summed E-state index contributed by atoms with van der Waals surface area (Å²) in [5.41, 5.74) is 7.37. The van der Waals surface area contributed by atoms with Crippen LogP contribution < -0.4 is 16.3 Å². The minimum atomic E-state index is -0.744. The first-order valence-corrected chi connectivity index (χ1v) is 19.6. The van der Waals surface area contributed by atoms with Crippen LogP contribution in [0, 0.1) is 41.5 Å². The normalized spacial score (nSPS) is 11.0. The first kappa shape index (κ1) is 42.9. The fourth-order valence-corrected chi connectivity index (χ4v) is 6.81. The number of fused-ring (bicyclic) bond motifs is 3. The molecule has 0 spiro atoms. The Bertz CT molecular complexity index is 3450. The van der Waals surface area contributed by atoms with Crippen molar-refractivity contribution in [3.05, 3.63) is 173 Å². The lowest BCUT2D eigenvalue weighted by atomic mass is 10.0. The number of benzene rings is 6. The minimum Gasteiger partial charge on any atom is -0.508 e. The maximum absolute atomic E-state index is 12.3. The Morgan fingerprint density at radius 1 is 0.365 bits per heavy atom. The lowest BCUT2D eigenvalue weighted by molar-refractivity contribution is 0.438. The number of aromatic hydroxyl groups is 6. The number of aryl methyl sites for hydroxylation is 6. The zero-order valence-electron chi connectivity index (χ0n) is 35.0. The van der Waals surface area contributed by atoms with Gasteiger partial charge in [-0.3, -0.25) is 14.4 Å². The minimum absolute atomic E-state index is 0.00220. The van der Waals surface area contributed by atoms with Crippen LogP contribution in [0.15, 0.2) is 137 Å². The zero-order valence-corrected chi connectivity index (χ0v) is 35.0. The highest BCUT2D eigenvalue weighted by Gasteiger charge is 2.20. The molecule has 0 aliphatic carbocycles. The highest BCUT2D eigenvalue weighted by atomic mass is 16.4. The smallest absolute Gasteiger partial charge is 0.238 e. The third kappa shape index (κ3) is 8.42. The summed E-state index contributed by atoms with van der Waals surface area (Å²) in [7, 11) is 0. The van der Waals surface area contributed by atoms with Crippen molar-refractivity contribution in [3.8, 4) is 68.5 Å². The molecule has 0 unspecified atom stereocenters. The van der Waals surface area contributed by atoms with E-state index in [4.69, 9.17) is 13.3 Å². The molecule has 0 aliphatic heterocycles. The molecule has 9 aromatic rings. The fourth-order valence-electron chi connectivity index (χ4n) is 6.81. The van der Waals surface area contributed by atoms with E-state index in [2.05, 4.69) is 0 Å². The van der Waals surface area contributed by atoms with E-state index in [1.807, 2.05) is 77.9 Å². The summed E-state index contributed by atoms with van der Waals surface area (Å²) < 4.78 is 16.9. The van der Waals surface area contributed by atoms with Crippen LogP contribution in [0.2, 0.25) is 0 Å². The molecule has 0 aliphatic rings. The predicted octanol–water partition coefficient (Wildman–Crippen LogP) is 10.5. The van der Waals surface area contributed by atoms with Crippen LogP contribution in [0.5, 0.6) is 34.5 Å². The van der Waals surface area contributed by atoms with Gasteiger partial charge in [0.05, 0.1) is 10.8 Å². The Balaban J connectivity index is 0.000000142. The molecular formula is C51H42O12. The van der Waals surface area contributed by atoms with Gasteiger partial charge in [-0.25, -0.2) is 0 Å². The average molecular weight is 847 g/mol. The number of rotatable bonds is 3. The molecule has 0 amide bonds. The number of hydrogen-bond acceptors (Lipinski definition) is 12. The second kappa shape index (κ2) is 17.0. The monoisotopic (exact) mass is 846 g/mol. The lowest BCUT2D eigenvalue weighted by Gasteiger charge is -2.09. The summed E-state index contributed by atoms with van der Waals surface area (Å²) in [5, 5.41) is 59.6. The number of hydrogen-bond donors (Lipinski definition) is 6. The van der Waals surface area contributed by atoms with E-state index in [9.17, 15) is 45.0 Å². The van der Waals surface area contributed by atoms with Crippen molar-refractivity contribution >= 4 is 32.9 Å². The third-order valence-corrected chi connectivity index (χ3v) is 10.9. The predicted molar refractivity (Wildman–Crippen MR) is 242 cm³/mol. The highest BCUT2D eigenvalue weighted by Crippen LogP contribution is 2.36. The molecule has 0 saturated carbocycles. The van der Waals surface area contributed by atoms with Crippen molar-refractivity contribution in [2.45, 2.75) is 41.5 Å². The molecule has 6 N–H and O–H groups in total. The Kier molecular flexibility index (Phi) is 11.6. The Morgan fingerprint density at radius 3 is 1.27 bits per heavy atom. The number of phenols is 3. The SMILES string of the molecule is Cc1ccc(-c2oc3cc(O)cc(O)c3c(=O)c2O)cc1C.Cc1ccc(-c2oc3cc(O)ccc3c(=O)c2O)cc1C.Cc1ccc(-c2oc3ccccc3c(=O)c2O)cc1C. The Hall–Kier alpha value is -8.25. The molecule has 318 valence electrons. The van der Waals surface area contributed by atoms with Crippen molar-refractivity contribution in [2.24, 2.45) is 0 Å². The molecule has 0 bridgehead atoms. The number of para-hydroxylation sites is 1. The second-order valence-electron chi connectivity index (χ2n) is 15.2. The summed E-state index contributed by atoms with van der Waals surface area (Å²) in [4.78, 5) is 36.6. The van der Waals surface area contributed by atoms with Gasteiger partial charge in [0.15, 0.2) is 17.3 Å². The first-order chi connectivity index (χ1) is 29.9. The van der Waals surface area contributed by atoms with Gasteiger partial charge in [0.25, 0.3) is 0 Å². The van der Waals surface area contributed by atoms with Gasteiger partial charge in [-0.05, 0) is 117 Å². The van der Waals surface area contributed by atoms with Gasteiger partial charge in [-0.1, -0.05) is 48.5 Å². The standard InChI is InChI=1S/C17H14O5.C17H14O4.C17H14O3/c1-8-3-4-10(5-9(8)2)17-16(21)15(20)14-12(19)6-11(18)7-13(14)22-17;1-9-3-4-11(7-10(9)2)17-16(20)15(19)13-6-5-12(18)8-14(13)21-17;1-10-7-8-12(9-11(10)2)17-16(19)15(18)13-5-3-4-6-14(13)20-17/h3-7,18-19,21H,1-2H3;3-8,18,20H,1-2H3;3-9,19H,1-2H3. The van der Waals surface area contributed by atoms with Crippen LogP contribution >= 0.6 is 0 Å². The van der Waals surface area contributed by atoms with Crippen molar-refractivity contribution in [2.75, 3.05) is 0 Å². The van der Waals surface area contributed by atoms with Gasteiger partial charge in [0.1, 0.15) is 39.4 Å². The maximum Gasteiger partial charge on any atom is 0.238 e. The van der Waals surface area contributed by atoms with Crippen molar-refractivity contribution < 1.29 is 43.9 Å². The van der Waals surface area contributed by atoms with E-state index in [0.717, 1.165) is 39.4 Å². The topological polar surface area (TPSA) is 212 Å². The van der Waals surface area contributed by atoms with Gasteiger partial charge in [0.2, 0.25) is 33.5 Å². The summed E-state index contributed by atoms with van der Waals surface area (Å²) >= 11 is 0. The molecule has 3 heterocycles. The van der Waals surface area contributed by atoms with Crippen LogP contribution in [0.3, 0.4) is 0 Å². The molecule has 0 radical (unpaired) electrons. The fraction of sp³-hybridized carbons (Fsp3) is 0.118. The van der Waals surface area contributed by atoms with E-state index < -0.39 is 33.5 Å². The van der Waals surface area contributed by atoms with Gasteiger partial charge >= 0.3 is 0 Å². The average Bonchev–Trinajstić information content (AvgIpc) is 3.25. The lowest BCUT2D eigenvalue weighted by Crippen LogP contribution is -2.03. The number of phenolic OH excluding ortho intramolecular Hbond substituents is 3. The summed E-state index contributed by atoms with van der Waals surface area (Å²) in [6, 6.07) is 29.9. The molecule has 0 saturated heterocycles. The first-order valence-electron chi connectivity index (χ1n) is 19.6. The molecule has 0 fully saturated rings. The Morgan fingerprint density at radius 2 is 0.778 bits per heavy atom. The largest absolute Gasteiger partial charge is 0.508 e. The van der Waals surface area contributed by atoms with E-state index >= 15 is 0 Å². The quantitative estimate of drug-likeness (QED) is 0.0980. The van der Waals surface area contributed by atoms with Crippen molar-refractivity contribution in [1.82, 2.24) is 0 Å². The van der Waals surface area contributed by atoms with Crippen LogP contribution in [0.4, 0.5) is 0 Å². The van der Waals surface area contributed by atoms with E-state index in [-0.39, 0.29) is 56.5 Å². The molecule has 6 aromatic carbocycles. The highest BCUT2D eigenvalue weighted by molar-refractivity contribution is 5.88. The molecule has 9 rings (SSSR count). The van der Waals surface area contributed by atoms with Crippen LogP contribution in [-0.4, -0.2) is 30.6 Å². The molecule has 0 atom stereocenters. The zero-order chi connectivity index (χ0) is 45.4. The van der Waals surface area contributed by atoms with Crippen molar-refractivity contribution in [1.29, 1.82) is 0 Å². The second-order valence-corrected chi connectivity index (χ2v) is 15.2.